The van der Waals surface area contributed by atoms with Gasteiger partial charge in [-0.15, -0.1) is 0 Å². The zero-order chi connectivity index (χ0) is 20.2. The maximum atomic E-state index is 11.9. The summed E-state index contributed by atoms with van der Waals surface area (Å²) in [6.45, 7) is 4.20. The largest absolute Gasteiger partial charge is 0.386 e. The van der Waals surface area contributed by atoms with Crippen LogP contribution in [0.25, 0.3) is 0 Å². The highest BCUT2D eigenvalue weighted by atomic mass is 16.6. The lowest BCUT2D eigenvalue weighted by Gasteiger charge is -2.04. The highest BCUT2D eigenvalue weighted by Gasteiger charge is 2.32. The summed E-state index contributed by atoms with van der Waals surface area (Å²) in [5.41, 5.74) is 2.74. The minimum absolute atomic E-state index is 0.416. The Hall–Kier alpha value is -1.90. The van der Waals surface area contributed by atoms with Gasteiger partial charge in [-0.25, -0.2) is 9.59 Å². The summed E-state index contributed by atoms with van der Waals surface area (Å²) in [5.74, 6) is -1.02. The highest BCUT2D eigenvalue weighted by molar-refractivity contribution is 6.15. The molecule has 1 heterocycles. The van der Waals surface area contributed by atoms with Crippen LogP contribution in [0.3, 0.4) is 0 Å². The monoisotopic (exact) mass is 384 g/mol. The molecule has 0 aliphatic carbocycles. The molecule has 0 fully saturated rings. The summed E-state index contributed by atoms with van der Waals surface area (Å²) in [6, 6.07) is 3.71. The van der Waals surface area contributed by atoms with E-state index in [1.807, 2.05) is 13.0 Å². The van der Waals surface area contributed by atoms with Gasteiger partial charge in [-0.3, -0.25) is 0 Å². The van der Waals surface area contributed by atoms with Crippen LogP contribution in [0.4, 0.5) is 0 Å². The fraction of sp³-hybridized carbons (Fsp3) is 0.600. The number of ether oxygens (including phenoxy) is 1. The molecular formula is C25H36O3. The predicted octanol–water partition coefficient (Wildman–Crippen LogP) is 7.11. The van der Waals surface area contributed by atoms with Crippen LogP contribution >= 0.6 is 0 Å². The van der Waals surface area contributed by atoms with E-state index in [2.05, 4.69) is 19.1 Å². The molecule has 0 bridgehead atoms. The van der Waals surface area contributed by atoms with E-state index in [0.29, 0.717) is 17.5 Å². The Bertz CT molecular complexity index is 673. The molecule has 1 aliphatic rings. The first-order chi connectivity index (χ1) is 13.6. The van der Waals surface area contributed by atoms with Gasteiger partial charge in [0.05, 0.1) is 11.1 Å². The molecular weight excluding hydrogens is 348 g/mol. The van der Waals surface area contributed by atoms with Crippen LogP contribution < -0.4 is 0 Å². The molecule has 3 heteroatoms. The second-order valence-electron chi connectivity index (χ2n) is 8.02. The lowest BCUT2D eigenvalue weighted by molar-refractivity contribution is 0.0443. The third kappa shape index (κ3) is 7.26. The molecule has 28 heavy (non-hydrogen) atoms. The average molecular weight is 385 g/mol. The fourth-order valence-corrected chi connectivity index (χ4v) is 3.87. The van der Waals surface area contributed by atoms with Crippen molar-refractivity contribution in [1.82, 2.24) is 0 Å². The first kappa shape index (κ1) is 22.4. The van der Waals surface area contributed by atoms with Crippen molar-refractivity contribution in [3.63, 3.8) is 0 Å². The smallest absolute Gasteiger partial charge is 0.347 e. The number of aryl methyl sites for hydroxylation is 1. The van der Waals surface area contributed by atoms with Gasteiger partial charge in [-0.1, -0.05) is 89.4 Å². The summed E-state index contributed by atoms with van der Waals surface area (Å²) in [4.78, 5) is 23.6. The van der Waals surface area contributed by atoms with E-state index >= 15 is 0 Å². The molecule has 2 rings (SSSR count). The average Bonchev–Trinajstić information content (AvgIpc) is 2.95. The van der Waals surface area contributed by atoms with Crippen molar-refractivity contribution in [2.24, 2.45) is 0 Å². The molecule has 0 unspecified atom stereocenters. The third-order valence-electron chi connectivity index (χ3n) is 5.45. The van der Waals surface area contributed by atoms with Crippen molar-refractivity contribution in [1.29, 1.82) is 0 Å². The maximum absolute atomic E-state index is 11.9. The van der Waals surface area contributed by atoms with E-state index in [-0.39, 0.29) is 0 Å². The molecule has 3 nitrogen and oxygen atoms in total. The molecule has 0 saturated heterocycles. The van der Waals surface area contributed by atoms with Crippen LogP contribution in [0, 0.1) is 6.92 Å². The van der Waals surface area contributed by atoms with E-state index in [1.54, 1.807) is 6.07 Å². The number of unbranched alkanes of at least 4 members (excludes halogenated alkanes) is 11. The van der Waals surface area contributed by atoms with Gasteiger partial charge < -0.3 is 4.74 Å². The minimum Gasteiger partial charge on any atom is -0.386 e. The number of esters is 2. The summed E-state index contributed by atoms with van der Waals surface area (Å²) in [7, 11) is 0. The third-order valence-corrected chi connectivity index (χ3v) is 5.45. The number of cyclic esters (lactones) is 2. The van der Waals surface area contributed by atoms with Crippen LogP contribution in [-0.2, 0) is 11.2 Å². The van der Waals surface area contributed by atoms with E-state index in [0.717, 1.165) is 17.5 Å². The standard InChI is InChI=1S/C25H36O3/c1-3-4-5-6-7-8-9-10-11-12-13-14-15-16-17-21-18-20(2)19-22-23(21)25(27)28-24(22)26/h15-16,18-19H,3-14,17H2,1-2H3. The Balaban J connectivity index is 1.57. The van der Waals surface area contributed by atoms with Crippen molar-refractivity contribution < 1.29 is 14.3 Å². The van der Waals surface area contributed by atoms with Crippen LogP contribution in [0.15, 0.2) is 24.3 Å². The zero-order valence-corrected chi connectivity index (χ0v) is 17.7. The topological polar surface area (TPSA) is 43.4 Å². The van der Waals surface area contributed by atoms with E-state index < -0.39 is 11.9 Å². The lowest BCUT2D eigenvalue weighted by atomic mass is 9.97. The van der Waals surface area contributed by atoms with Gasteiger partial charge in [0.15, 0.2) is 0 Å². The zero-order valence-electron chi connectivity index (χ0n) is 17.7. The fourth-order valence-electron chi connectivity index (χ4n) is 3.87. The molecule has 1 aromatic carbocycles. The Morgan fingerprint density at radius 1 is 0.786 bits per heavy atom. The number of allylic oxidation sites excluding steroid dienone is 2. The van der Waals surface area contributed by atoms with Gasteiger partial charge in [0.25, 0.3) is 0 Å². The Morgan fingerprint density at radius 2 is 1.39 bits per heavy atom. The van der Waals surface area contributed by atoms with Crippen LogP contribution in [0.5, 0.6) is 0 Å². The number of hydrogen-bond donors (Lipinski definition) is 0. The number of benzene rings is 1. The molecule has 0 atom stereocenters. The van der Waals surface area contributed by atoms with Gasteiger partial charge in [0.2, 0.25) is 0 Å². The molecule has 0 aromatic heterocycles. The molecule has 1 aromatic rings. The summed E-state index contributed by atoms with van der Waals surface area (Å²) in [6.07, 6.45) is 21.0. The van der Waals surface area contributed by atoms with Crippen LogP contribution in [-0.4, -0.2) is 11.9 Å². The Kier molecular flexibility index (Phi) is 10.0. The number of carbonyl (C=O) groups excluding carboxylic acids is 2. The first-order valence-electron chi connectivity index (χ1n) is 11.2. The maximum Gasteiger partial charge on any atom is 0.347 e. The van der Waals surface area contributed by atoms with E-state index in [4.69, 9.17) is 4.74 Å². The SMILES string of the molecule is CCCCCCCCCCCCCC=CCc1cc(C)cc2c1C(=O)OC2=O. The van der Waals surface area contributed by atoms with E-state index in [9.17, 15) is 9.59 Å². The predicted molar refractivity (Wildman–Crippen MR) is 115 cm³/mol. The van der Waals surface area contributed by atoms with Gasteiger partial charge in [-0.05, 0) is 43.4 Å². The lowest BCUT2D eigenvalue weighted by Crippen LogP contribution is -2.00. The summed E-state index contributed by atoms with van der Waals surface area (Å²) >= 11 is 0. The molecule has 0 amide bonds. The number of carbonyl (C=O) groups is 2. The van der Waals surface area contributed by atoms with Gasteiger partial charge in [0, 0.05) is 0 Å². The van der Waals surface area contributed by atoms with Crippen molar-refractivity contribution in [3.8, 4) is 0 Å². The minimum atomic E-state index is -0.519. The number of hydrogen-bond acceptors (Lipinski definition) is 3. The van der Waals surface area contributed by atoms with Crippen LogP contribution in [0.1, 0.15) is 116 Å². The number of rotatable bonds is 14. The molecule has 0 N–H and O–H groups in total. The second-order valence-corrected chi connectivity index (χ2v) is 8.02. The van der Waals surface area contributed by atoms with Gasteiger partial charge in [-0.2, -0.15) is 0 Å². The Labute approximate surface area is 170 Å². The van der Waals surface area contributed by atoms with Crippen molar-refractivity contribution in [2.75, 3.05) is 0 Å². The molecule has 154 valence electrons. The molecule has 0 spiro atoms. The van der Waals surface area contributed by atoms with Crippen LogP contribution in [0.2, 0.25) is 0 Å². The van der Waals surface area contributed by atoms with Gasteiger partial charge in [0.1, 0.15) is 0 Å². The van der Waals surface area contributed by atoms with Gasteiger partial charge >= 0.3 is 11.9 Å². The summed E-state index contributed by atoms with van der Waals surface area (Å²) < 4.78 is 4.75. The van der Waals surface area contributed by atoms with Crippen molar-refractivity contribution >= 4 is 11.9 Å². The normalized spacial score (nSPS) is 13.4. The molecule has 0 radical (unpaired) electrons. The molecule has 0 saturated carbocycles. The van der Waals surface area contributed by atoms with Crippen molar-refractivity contribution in [3.05, 3.63) is 46.5 Å². The molecule has 1 aliphatic heterocycles. The van der Waals surface area contributed by atoms with E-state index in [1.165, 1.54) is 70.6 Å². The van der Waals surface area contributed by atoms with Crippen molar-refractivity contribution in [2.45, 2.75) is 97.3 Å². The number of fused-ring (bicyclic) bond motifs is 1. The summed E-state index contributed by atoms with van der Waals surface area (Å²) in [5, 5.41) is 0. The Morgan fingerprint density at radius 3 is 2.04 bits per heavy atom. The second kappa shape index (κ2) is 12.5. The quantitative estimate of drug-likeness (QED) is 0.149. The highest BCUT2D eigenvalue weighted by Crippen LogP contribution is 2.26. The first-order valence-corrected chi connectivity index (χ1v) is 11.2.